The predicted octanol–water partition coefficient (Wildman–Crippen LogP) is 4.90. The Kier molecular flexibility index (Phi) is 5.52. The molecule has 4 nitrogen and oxygen atoms in total. The van der Waals surface area contributed by atoms with Crippen molar-refractivity contribution in [2.45, 2.75) is 18.9 Å². The fourth-order valence-electron chi connectivity index (χ4n) is 2.97. The Bertz CT molecular complexity index is 1020. The van der Waals surface area contributed by atoms with Gasteiger partial charge in [0.05, 0.1) is 0 Å². The largest absolute Gasteiger partial charge is 0.349 e. The summed E-state index contributed by atoms with van der Waals surface area (Å²) in [7, 11) is 0. The fourth-order valence-corrected chi connectivity index (χ4v) is 2.97. The van der Waals surface area contributed by atoms with Gasteiger partial charge in [0.1, 0.15) is 0 Å². The summed E-state index contributed by atoms with van der Waals surface area (Å²) in [6, 6.07) is 25.4. The van der Waals surface area contributed by atoms with Gasteiger partial charge in [-0.05, 0) is 59.9 Å². The first-order valence-electron chi connectivity index (χ1n) is 9.73. The van der Waals surface area contributed by atoms with Crippen LogP contribution in [0.5, 0.6) is 0 Å². The van der Waals surface area contributed by atoms with Gasteiger partial charge in [0.15, 0.2) is 0 Å². The van der Waals surface area contributed by atoms with Gasteiger partial charge in [-0.1, -0.05) is 54.6 Å². The molecule has 0 aromatic heterocycles. The second-order valence-electron chi connectivity index (χ2n) is 7.14. The molecular formula is C25H22N2O2. The Morgan fingerprint density at radius 2 is 1.45 bits per heavy atom. The predicted molar refractivity (Wildman–Crippen MR) is 116 cm³/mol. The van der Waals surface area contributed by atoms with Crippen molar-refractivity contribution in [3.63, 3.8) is 0 Å². The van der Waals surface area contributed by atoms with Gasteiger partial charge >= 0.3 is 0 Å². The van der Waals surface area contributed by atoms with Gasteiger partial charge in [-0.25, -0.2) is 0 Å². The van der Waals surface area contributed by atoms with Crippen LogP contribution in [0.2, 0.25) is 0 Å². The Balaban J connectivity index is 1.33. The Labute approximate surface area is 170 Å². The Morgan fingerprint density at radius 1 is 0.793 bits per heavy atom. The third-order valence-corrected chi connectivity index (χ3v) is 4.77. The lowest BCUT2D eigenvalue weighted by atomic mass is 10.1. The van der Waals surface area contributed by atoms with Gasteiger partial charge < -0.3 is 10.6 Å². The maximum Gasteiger partial charge on any atom is 0.251 e. The van der Waals surface area contributed by atoms with E-state index < -0.39 is 0 Å². The molecule has 3 aromatic rings. The molecule has 3 aromatic carbocycles. The van der Waals surface area contributed by atoms with Crippen LogP contribution in [-0.2, 0) is 4.79 Å². The first kappa shape index (κ1) is 18.7. The van der Waals surface area contributed by atoms with Crippen molar-refractivity contribution in [3.05, 3.63) is 96.1 Å². The highest BCUT2D eigenvalue weighted by molar-refractivity contribution is 6.02. The maximum absolute atomic E-state index is 12.2. The number of anilines is 1. The molecule has 1 aliphatic rings. The minimum Gasteiger partial charge on any atom is -0.349 e. The van der Waals surface area contributed by atoms with E-state index in [1.54, 1.807) is 18.2 Å². The molecule has 144 valence electrons. The second-order valence-corrected chi connectivity index (χ2v) is 7.14. The van der Waals surface area contributed by atoms with Crippen LogP contribution >= 0.6 is 0 Å². The van der Waals surface area contributed by atoms with E-state index in [2.05, 4.69) is 22.8 Å². The first-order valence-corrected chi connectivity index (χ1v) is 9.73. The molecule has 0 atom stereocenters. The average Bonchev–Trinajstić information content (AvgIpc) is 3.58. The minimum absolute atomic E-state index is 0.0419. The third kappa shape index (κ3) is 5.20. The molecule has 29 heavy (non-hydrogen) atoms. The standard InChI is InChI=1S/C25H22N2O2/c28-24(26-22-13-11-20(12-14-22)19-4-2-1-3-5-19)17-8-18-6-9-21(10-7-18)25(29)27-23-15-16-23/h1-14,17,23H,15-16H2,(H,26,28)(H,27,29)/b17-8+. The SMILES string of the molecule is O=C(/C=C/c1ccc(C(=O)NC2CC2)cc1)Nc1ccc(-c2ccccc2)cc1. The van der Waals surface area contributed by atoms with Crippen LogP contribution in [0.15, 0.2) is 84.9 Å². The second kappa shape index (κ2) is 8.57. The first-order chi connectivity index (χ1) is 14.2. The van der Waals surface area contributed by atoms with Crippen LogP contribution in [-0.4, -0.2) is 17.9 Å². The van der Waals surface area contributed by atoms with Crippen molar-refractivity contribution in [1.82, 2.24) is 5.32 Å². The molecule has 0 spiro atoms. The van der Waals surface area contributed by atoms with E-state index in [1.165, 1.54) is 6.08 Å². The van der Waals surface area contributed by atoms with E-state index in [1.807, 2.05) is 54.6 Å². The van der Waals surface area contributed by atoms with Crippen LogP contribution in [0.3, 0.4) is 0 Å². The number of rotatable bonds is 6. The van der Waals surface area contributed by atoms with E-state index >= 15 is 0 Å². The van der Waals surface area contributed by atoms with Gasteiger partial charge in [0, 0.05) is 23.4 Å². The summed E-state index contributed by atoms with van der Waals surface area (Å²) in [4.78, 5) is 24.2. The van der Waals surface area contributed by atoms with Crippen molar-refractivity contribution >= 4 is 23.6 Å². The summed E-state index contributed by atoms with van der Waals surface area (Å²) < 4.78 is 0. The number of carbonyl (C=O) groups is 2. The van der Waals surface area contributed by atoms with Crippen molar-refractivity contribution in [2.75, 3.05) is 5.32 Å². The van der Waals surface area contributed by atoms with Crippen LogP contribution in [0, 0.1) is 0 Å². The van der Waals surface area contributed by atoms with E-state index in [9.17, 15) is 9.59 Å². The molecular weight excluding hydrogens is 360 g/mol. The molecule has 0 radical (unpaired) electrons. The van der Waals surface area contributed by atoms with Crippen molar-refractivity contribution in [3.8, 4) is 11.1 Å². The summed E-state index contributed by atoms with van der Waals surface area (Å²) in [6.45, 7) is 0. The molecule has 0 saturated heterocycles. The average molecular weight is 382 g/mol. The molecule has 1 aliphatic carbocycles. The molecule has 0 heterocycles. The number of benzene rings is 3. The lowest BCUT2D eigenvalue weighted by Gasteiger charge is -2.05. The molecule has 4 heteroatoms. The molecule has 2 N–H and O–H groups in total. The number of carbonyl (C=O) groups excluding carboxylic acids is 2. The number of hydrogen-bond donors (Lipinski definition) is 2. The highest BCUT2D eigenvalue weighted by atomic mass is 16.2. The molecule has 0 aliphatic heterocycles. The highest BCUT2D eigenvalue weighted by Gasteiger charge is 2.23. The Morgan fingerprint density at radius 3 is 2.10 bits per heavy atom. The maximum atomic E-state index is 12.2. The van der Waals surface area contributed by atoms with Gasteiger partial charge in [-0.15, -0.1) is 0 Å². The fraction of sp³-hybridized carbons (Fsp3) is 0.120. The molecule has 1 fully saturated rings. The monoisotopic (exact) mass is 382 g/mol. The van der Waals surface area contributed by atoms with Gasteiger partial charge in [0.2, 0.25) is 5.91 Å². The minimum atomic E-state index is -0.201. The third-order valence-electron chi connectivity index (χ3n) is 4.77. The lowest BCUT2D eigenvalue weighted by Crippen LogP contribution is -2.25. The van der Waals surface area contributed by atoms with Gasteiger partial charge in [-0.3, -0.25) is 9.59 Å². The molecule has 1 saturated carbocycles. The van der Waals surface area contributed by atoms with Crippen LogP contribution in [0.4, 0.5) is 5.69 Å². The van der Waals surface area contributed by atoms with Gasteiger partial charge in [-0.2, -0.15) is 0 Å². The zero-order chi connectivity index (χ0) is 20.1. The molecule has 4 rings (SSSR count). The molecule has 0 unspecified atom stereocenters. The molecule has 2 amide bonds. The van der Waals surface area contributed by atoms with Crippen molar-refractivity contribution in [1.29, 1.82) is 0 Å². The van der Waals surface area contributed by atoms with E-state index in [4.69, 9.17) is 0 Å². The van der Waals surface area contributed by atoms with Gasteiger partial charge in [0.25, 0.3) is 5.91 Å². The van der Waals surface area contributed by atoms with Crippen LogP contribution in [0.1, 0.15) is 28.8 Å². The topological polar surface area (TPSA) is 58.2 Å². The quantitative estimate of drug-likeness (QED) is 0.596. The van der Waals surface area contributed by atoms with Crippen LogP contribution < -0.4 is 10.6 Å². The summed E-state index contributed by atoms with van der Waals surface area (Å²) in [6.07, 6.45) is 5.36. The number of hydrogen-bond acceptors (Lipinski definition) is 2. The summed E-state index contributed by atoms with van der Waals surface area (Å²) in [5.41, 5.74) is 4.48. The highest BCUT2D eigenvalue weighted by Crippen LogP contribution is 2.21. The molecule has 0 bridgehead atoms. The zero-order valence-corrected chi connectivity index (χ0v) is 16.0. The normalized spacial score (nSPS) is 13.2. The Hall–Kier alpha value is -3.66. The van der Waals surface area contributed by atoms with E-state index in [0.717, 1.165) is 35.2 Å². The van der Waals surface area contributed by atoms with Crippen molar-refractivity contribution < 1.29 is 9.59 Å². The van der Waals surface area contributed by atoms with E-state index in [-0.39, 0.29) is 11.8 Å². The smallest absolute Gasteiger partial charge is 0.251 e. The summed E-state index contributed by atoms with van der Waals surface area (Å²) in [5.74, 6) is -0.243. The number of amides is 2. The number of nitrogens with one attached hydrogen (secondary N) is 2. The van der Waals surface area contributed by atoms with Crippen LogP contribution in [0.25, 0.3) is 17.2 Å². The summed E-state index contributed by atoms with van der Waals surface area (Å²) >= 11 is 0. The van der Waals surface area contributed by atoms with E-state index in [0.29, 0.717) is 11.6 Å². The summed E-state index contributed by atoms with van der Waals surface area (Å²) in [5, 5.41) is 5.82. The zero-order valence-electron chi connectivity index (χ0n) is 16.0. The van der Waals surface area contributed by atoms with Crippen molar-refractivity contribution in [2.24, 2.45) is 0 Å². The lowest BCUT2D eigenvalue weighted by molar-refractivity contribution is -0.111.